The van der Waals surface area contributed by atoms with Gasteiger partial charge in [-0.2, -0.15) is 0 Å². The maximum atomic E-state index is 12.6. The molecular weight excluding hydrogens is 404 g/mol. The normalized spacial score (nSPS) is 15.0. The van der Waals surface area contributed by atoms with E-state index in [1.807, 2.05) is 36.4 Å². The molecule has 1 aliphatic rings. The number of para-hydroxylation sites is 2. The quantitative estimate of drug-likeness (QED) is 0.540. The third-order valence-corrected chi connectivity index (χ3v) is 6.05. The number of aromatic amines is 1. The van der Waals surface area contributed by atoms with Gasteiger partial charge in [0.25, 0.3) is 5.56 Å². The van der Waals surface area contributed by atoms with Gasteiger partial charge in [-0.15, -0.1) is 0 Å². The van der Waals surface area contributed by atoms with E-state index < -0.39 is 0 Å². The second kappa shape index (κ2) is 10.4. The van der Waals surface area contributed by atoms with Crippen LogP contribution in [0.2, 0.25) is 0 Å². The molecule has 0 saturated carbocycles. The zero-order chi connectivity index (χ0) is 22.3. The van der Waals surface area contributed by atoms with E-state index >= 15 is 0 Å². The number of aromatic nitrogens is 2. The molecule has 0 bridgehead atoms. The number of carbonyl (C=O) groups excluding carboxylic acids is 1. The van der Waals surface area contributed by atoms with Crippen LogP contribution in [0.1, 0.15) is 43.1 Å². The average molecular weight is 435 g/mol. The van der Waals surface area contributed by atoms with E-state index in [4.69, 9.17) is 4.74 Å². The lowest BCUT2D eigenvalue weighted by atomic mass is 10.0. The first-order valence-electron chi connectivity index (χ1n) is 11.3. The second-order valence-corrected chi connectivity index (χ2v) is 8.19. The predicted molar refractivity (Wildman–Crippen MR) is 125 cm³/mol. The van der Waals surface area contributed by atoms with Crippen molar-refractivity contribution < 1.29 is 9.53 Å². The summed E-state index contributed by atoms with van der Waals surface area (Å²) in [6.45, 7) is 2.60. The number of rotatable bonds is 9. The minimum Gasteiger partial charge on any atom is -0.496 e. The average Bonchev–Trinajstić information content (AvgIpc) is 3.34. The smallest absolute Gasteiger partial charge is 0.258 e. The Morgan fingerprint density at radius 1 is 1.16 bits per heavy atom. The zero-order valence-electron chi connectivity index (χ0n) is 18.5. The topological polar surface area (TPSA) is 87.3 Å². The number of likely N-dealkylation sites (tertiary alicyclic amines) is 1. The Labute approximate surface area is 187 Å². The number of fused-ring (bicyclic) bond motifs is 1. The number of hydrogen-bond acceptors (Lipinski definition) is 5. The Bertz CT molecular complexity index is 1120. The maximum Gasteiger partial charge on any atom is 0.258 e. The molecule has 7 heteroatoms. The van der Waals surface area contributed by atoms with Gasteiger partial charge >= 0.3 is 0 Å². The molecule has 1 aliphatic heterocycles. The monoisotopic (exact) mass is 434 g/mol. The van der Waals surface area contributed by atoms with Gasteiger partial charge in [0.1, 0.15) is 11.6 Å². The summed E-state index contributed by atoms with van der Waals surface area (Å²) in [4.78, 5) is 34.5. The largest absolute Gasteiger partial charge is 0.496 e. The Balaban J connectivity index is 1.34. The fraction of sp³-hybridized carbons (Fsp3) is 0.400. The van der Waals surface area contributed by atoms with Crippen LogP contribution in [0.5, 0.6) is 5.75 Å². The summed E-state index contributed by atoms with van der Waals surface area (Å²) < 4.78 is 5.57. The number of ether oxygens (including phenoxy) is 1. The summed E-state index contributed by atoms with van der Waals surface area (Å²) in [7, 11) is 1.68. The van der Waals surface area contributed by atoms with Crippen LogP contribution in [0.15, 0.2) is 53.3 Å². The molecule has 1 atom stereocenters. The van der Waals surface area contributed by atoms with Crippen LogP contribution in [0.25, 0.3) is 10.9 Å². The molecule has 2 N–H and O–H groups in total. The lowest BCUT2D eigenvalue weighted by Crippen LogP contribution is -2.37. The summed E-state index contributed by atoms with van der Waals surface area (Å²) in [5.74, 6) is 1.47. The SMILES string of the molecule is COc1ccccc1C(CNC(=O)CCCc1nc2ccccc2c(=O)[nH]1)N1CCCC1. The van der Waals surface area contributed by atoms with Gasteiger partial charge in [0.05, 0.1) is 24.1 Å². The van der Waals surface area contributed by atoms with E-state index in [0.717, 1.165) is 24.4 Å². The van der Waals surface area contributed by atoms with Crippen molar-refractivity contribution in [2.75, 3.05) is 26.7 Å². The first-order chi connectivity index (χ1) is 15.7. The van der Waals surface area contributed by atoms with Gasteiger partial charge in [0.15, 0.2) is 0 Å². The van der Waals surface area contributed by atoms with Crippen molar-refractivity contribution >= 4 is 16.8 Å². The van der Waals surface area contributed by atoms with Gasteiger partial charge in [-0.05, 0) is 50.6 Å². The van der Waals surface area contributed by atoms with Crippen molar-refractivity contribution in [3.05, 3.63) is 70.3 Å². The number of methoxy groups -OCH3 is 1. The Hall–Kier alpha value is -3.19. The van der Waals surface area contributed by atoms with E-state index in [-0.39, 0.29) is 17.5 Å². The lowest BCUT2D eigenvalue weighted by molar-refractivity contribution is -0.121. The second-order valence-electron chi connectivity index (χ2n) is 8.19. The Kier molecular flexibility index (Phi) is 7.17. The summed E-state index contributed by atoms with van der Waals surface area (Å²) in [5.41, 5.74) is 1.65. The molecule has 0 radical (unpaired) electrons. The molecule has 1 saturated heterocycles. The van der Waals surface area contributed by atoms with Gasteiger partial charge in [0, 0.05) is 24.9 Å². The highest BCUT2D eigenvalue weighted by molar-refractivity contribution is 5.77. The Morgan fingerprint density at radius 3 is 2.72 bits per heavy atom. The number of hydrogen-bond donors (Lipinski definition) is 2. The van der Waals surface area contributed by atoms with Crippen molar-refractivity contribution in [1.82, 2.24) is 20.2 Å². The zero-order valence-corrected chi connectivity index (χ0v) is 18.5. The van der Waals surface area contributed by atoms with Crippen LogP contribution in [0, 0.1) is 0 Å². The molecule has 4 rings (SSSR count). The predicted octanol–water partition coefficient (Wildman–Crippen LogP) is 3.21. The highest BCUT2D eigenvalue weighted by Gasteiger charge is 2.26. The van der Waals surface area contributed by atoms with Gasteiger partial charge in [-0.3, -0.25) is 14.5 Å². The van der Waals surface area contributed by atoms with Gasteiger partial charge in [-0.1, -0.05) is 30.3 Å². The fourth-order valence-corrected chi connectivity index (χ4v) is 4.40. The summed E-state index contributed by atoms with van der Waals surface area (Å²) in [6, 6.07) is 15.4. The molecule has 0 spiro atoms. The molecule has 1 amide bonds. The summed E-state index contributed by atoms with van der Waals surface area (Å²) in [6.07, 6.45) is 3.91. The van der Waals surface area contributed by atoms with Crippen LogP contribution in [-0.4, -0.2) is 47.5 Å². The van der Waals surface area contributed by atoms with Crippen LogP contribution < -0.4 is 15.6 Å². The van der Waals surface area contributed by atoms with Gasteiger partial charge in [0.2, 0.25) is 5.91 Å². The number of H-pyrrole nitrogens is 1. The fourth-order valence-electron chi connectivity index (χ4n) is 4.40. The summed E-state index contributed by atoms with van der Waals surface area (Å²) in [5, 5.41) is 3.69. The lowest BCUT2D eigenvalue weighted by Gasteiger charge is -2.29. The van der Waals surface area contributed by atoms with Gasteiger partial charge in [-0.25, -0.2) is 4.98 Å². The van der Waals surface area contributed by atoms with E-state index in [1.54, 1.807) is 13.2 Å². The van der Waals surface area contributed by atoms with E-state index in [9.17, 15) is 9.59 Å². The third-order valence-electron chi connectivity index (χ3n) is 6.05. The minimum atomic E-state index is -0.139. The summed E-state index contributed by atoms with van der Waals surface area (Å²) >= 11 is 0. The first-order valence-corrected chi connectivity index (χ1v) is 11.3. The maximum absolute atomic E-state index is 12.6. The highest BCUT2D eigenvalue weighted by atomic mass is 16.5. The standard InChI is InChI=1S/C25H30N4O3/c1-32-22-12-5-3-10-19(22)21(29-15-6-7-16-29)17-26-24(30)14-8-13-23-27-20-11-4-2-9-18(20)25(31)28-23/h2-5,9-12,21H,6-8,13-17H2,1H3,(H,26,30)(H,27,28,31). The number of carbonyl (C=O) groups is 1. The van der Waals surface area contributed by atoms with Crippen LogP contribution in [0.3, 0.4) is 0 Å². The highest BCUT2D eigenvalue weighted by Crippen LogP contribution is 2.31. The molecule has 3 aromatic rings. The Morgan fingerprint density at radius 2 is 1.91 bits per heavy atom. The van der Waals surface area contributed by atoms with Crippen molar-refractivity contribution in [2.24, 2.45) is 0 Å². The van der Waals surface area contributed by atoms with E-state index in [2.05, 4.69) is 26.3 Å². The van der Waals surface area contributed by atoms with Crippen LogP contribution in [0.4, 0.5) is 0 Å². The van der Waals surface area contributed by atoms with Crippen molar-refractivity contribution in [3.63, 3.8) is 0 Å². The molecule has 1 aromatic heterocycles. The molecular formula is C25H30N4O3. The number of aryl methyl sites for hydroxylation is 1. The first kappa shape index (κ1) is 22.0. The van der Waals surface area contributed by atoms with Crippen molar-refractivity contribution in [3.8, 4) is 5.75 Å². The molecule has 1 unspecified atom stereocenters. The third kappa shape index (κ3) is 5.16. The number of amides is 1. The molecule has 7 nitrogen and oxygen atoms in total. The van der Waals surface area contributed by atoms with Crippen LogP contribution in [-0.2, 0) is 11.2 Å². The molecule has 1 fully saturated rings. The van der Waals surface area contributed by atoms with Crippen molar-refractivity contribution in [1.29, 1.82) is 0 Å². The molecule has 168 valence electrons. The number of nitrogens with one attached hydrogen (secondary N) is 2. The van der Waals surface area contributed by atoms with E-state index in [0.29, 0.717) is 42.5 Å². The minimum absolute atomic E-state index is 0.00670. The van der Waals surface area contributed by atoms with Crippen molar-refractivity contribution in [2.45, 2.75) is 38.1 Å². The molecule has 2 heterocycles. The number of benzene rings is 2. The number of nitrogens with zero attached hydrogens (tertiary/aromatic N) is 2. The molecule has 2 aromatic carbocycles. The van der Waals surface area contributed by atoms with Crippen LogP contribution >= 0.6 is 0 Å². The van der Waals surface area contributed by atoms with Gasteiger partial charge < -0.3 is 15.0 Å². The molecule has 32 heavy (non-hydrogen) atoms. The van der Waals surface area contributed by atoms with E-state index in [1.165, 1.54) is 12.8 Å². The molecule has 0 aliphatic carbocycles.